The molecule has 0 spiro atoms. The number of aromatic hydroxyl groups is 1. The third-order valence-electron chi connectivity index (χ3n) is 3.07. The number of aromatic nitrogens is 1. The van der Waals surface area contributed by atoms with Crippen LogP contribution in [-0.2, 0) is 14.3 Å². The maximum absolute atomic E-state index is 11.2. The molecule has 1 aliphatic rings. The highest BCUT2D eigenvalue weighted by Crippen LogP contribution is 2.34. The number of hydrogen-bond acceptors (Lipinski definition) is 8. The highest BCUT2D eigenvalue weighted by Gasteiger charge is 2.39. The Morgan fingerprint density at radius 3 is 2.71 bits per heavy atom. The van der Waals surface area contributed by atoms with Gasteiger partial charge in [0.1, 0.15) is 35.5 Å². The molecular weight excluding hydrogens is 340 g/mol. The quantitative estimate of drug-likeness (QED) is 0.571. The number of rotatable bonds is 8. The van der Waals surface area contributed by atoms with Gasteiger partial charge in [0.25, 0.3) is 0 Å². The third kappa shape index (κ3) is 4.36. The van der Waals surface area contributed by atoms with Crippen LogP contribution in [0.2, 0.25) is 0 Å². The molecule has 0 amide bonds. The van der Waals surface area contributed by atoms with Gasteiger partial charge >= 0.3 is 11.9 Å². The van der Waals surface area contributed by atoms with Crippen LogP contribution in [0, 0.1) is 0 Å². The van der Waals surface area contributed by atoms with E-state index in [-0.39, 0.29) is 36.2 Å². The van der Waals surface area contributed by atoms with Crippen LogP contribution in [-0.4, -0.2) is 68.4 Å². The van der Waals surface area contributed by atoms with E-state index in [4.69, 9.17) is 19.7 Å². The number of nitrogens with zero attached hydrogens (tertiary/aromatic N) is 2. The molecule has 2 rings (SSSR count). The van der Waals surface area contributed by atoms with Gasteiger partial charge in [-0.25, -0.2) is 14.6 Å². The lowest BCUT2D eigenvalue weighted by Crippen LogP contribution is -2.33. The summed E-state index contributed by atoms with van der Waals surface area (Å²) in [6.07, 6.45) is 1.37. The van der Waals surface area contributed by atoms with Gasteiger partial charge in [-0.05, 0) is 6.92 Å². The van der Waals surface area contributed by atoms with Gasteiger partial charge in [-0.3, -0.25) is 4.99 Å². The van der Waals surface area contributed by atoms with Crippen molar-refractivity contribution >= 4 is 28.7 Å². The standard InChI is InChI=1S/C14H16N2O7S/c1-14(13(20)21)7-24-12(16-14)11-9(17)4-8(5-15-11)23-3-2-22-6-10(18)19/h4-5,17H,2-3,6-7H2,1H3,(H,18,19)(H,20,21)/t14-/m1/s1. The molecule has 9 nitrogen and oxygen atoms in total. The van der Waals surface area contributed by atoms with E-state index in [2.05, 4.69) is 9.98 Å². The van der Waals surface area contributed by atoms with E-state index >= 15 is 0 Å². The number of carbonyl (C=O) groups is 2. The van der Waals surface area contributed by atoms with Crippen molar-refractivity contribution in [3.8, 4) is 11.5 Å². The molecule has 0 bridgehead atoms. The predicted molar refractivity (Wildman–Crippen MR) is 84.9 cm³/mol. The summed E-state index contributed by atoms with van der Waals surface area (Å²) in [5.41, 5.74) is -1.04. The van der Waals surface area contributed by atoms with Gasteiger partial charge in [-0.15, -0.1) is 11.8 Å². The van der Waals surface area contributed by atoms with Crippen LogP contribution >= 0.6 is 11.8 Å². The largest absolute Gasteiger partial charge is 0.505 e. The molecular formula is C14H16N2O7S. The van der Waals surface area contributed by atoms with Crippen LogP contribution in [0.5, 0.6) is 11.5 Å². The van der Waals surface area contributed by atoms with Crippen LogP contribution in [0.3, 0.4) is 0 Å². The summed E-state index contributed by atoms with van der Waals surface area (Å²) in [4.78, 5) is 29.6. The van der Waals surface area contributed by atoms with Gasteiger partial charge in [0, 0.05) is 11.8 Å². The van der Waals surface area contributed by atoms with E-state index in [9.17, 15) is 14.7 Å². The summed E-state index contributed by atoms with van der Waals surface area (Å²) >= 11 is 1.21. The van der Waals surface area contributed by atoms with E-state index in [1.165, 1.54) is 30.9 Å². The second kappa shape index (κ2) is 7.49. The average molecular weight is 356 g/mol. The van der Waals surface area contributed by atoms with E-state index in [0.717, 1.165) is 0 Å². The predicted octanol–water partition coefficient (Wildman–Crippen LogP) is 0.604. The molecule has 1 atom stereocenters. The summed E-state index contributed by atoms with van der Waals surface area (Å²) < 4.78 is 10.1. The van der Waals surface area contributed by atoms with Crippen molar-refractivity contribution in [3.63, 3.8) is 0 Å². The van der Waals surface area contributed by atoms with Crippen LogP contribution < -0.4 is 4.74 Å². The number of pyridine rings is 1. The summed E-state index contributed by atoms with van der Waals surface area (Å²) in [6.45, 7) is 1.26. The van der Waals surface area contributed by atoms with Gasteiger partial charge < -0.3 is 24.8 Å². The van der Waals surface area contributed by atoms with Gasteiger partial charge in [0.15, 0.2) is 5.54 Å². The minimum atomic E-state index is -1.23. The molecule has 0 unspecified atom stereocenters. The highest BCUT2D eigenvalue weighted by atomic mass is 32.2. The van der Waals surface area contributed by atoms with Gasteiger partial charge in [0.2, 0.25) is 0 Å². The number of carboxylic acid groups (broad SMARTS) is 2. The molecule has 0 saturated heterocycles. The molecule has 0 saturated carbocycles. The second-order valence-corrected chi connectivity index (χ2v) is 6.08. The average Bonchev–Trinajstić information content (AvgIpc) is 2.90. The van der Waals surface area contributed by atoms with Crippen molar-refractivity contribution in [2.75, 3.05) is 25.6 Å². The normalized spacial score (nSPS) is 19.8. The Morgan fingerprint density at radius 2 is 2.12 bits per heavy atom. The molecule has 0 radical (unpaired) electrons. The lowest BCUT2D eigenvalue weighted by Gasteiger charge is -2.11. The summed E-state index contributed by atoms with van der Waals surface area (Å²) in [6, 6.07) is 1.33. The third-order valence-corrected chi connectivity index (χ3v) is 4.33. The zero-order chi connectivity index (χ0) is 17.7. The number of ether oxygens (including phenoxy) is 2. The van der Waals surface area contributed by atoms with Crippen LogP contribution in [0.1, 0.15) is 12.6 Å². The number of aliphatic imine (C=N–C) groups is 1. The van der Waals surface area contributed by atoms with Gasteiger partial charge in [0.05, 0.1) is 12.8 Å². The Labute approximate surface area is 141 Å². The first kappa shape index (κ1) is 18.0. The molecule has 0 aromatic carbocycles. The number of carboxylic acids is 2. The number of aliphatic carboxylic acids is 2. The number of thioether (sulfide) groups is 1. The van der Waals surface area contributed by atoms with Crippen molar-refractivity contribution in [1.82, 2.24) is 4.98 Å². The fraction of sp³-hybridized carbons (Fsp3) is 0.429. The van der Waals surface area contributed by atoms with Crippen molar-refractivity contribution < 1.29 is 34.4 Å². The molecule has 1 aliphatic heterocycles. The Bertz CT molecular complexity index is 679. The lowest BCUT2D eigenvalue weighted by atomic mass is 10.1. The van der Waals surface area contributed by atoms with Crippen molar-refractivity contribution in [2.45, 2.75) is 12.5 Å². The van der Waals surface area contributed by atoms with E-state index in [1.54, 1.807) is 0 Å². The summed E-state index contributed by atoms with van der Waals surface area (Å²) in [5, 5.41) is 28.0. The molecule has 24 heavy (non-hydrogen) atoms. The van der Waals surface area contributed by atoms with Crippen LogP contribution in [0.25, 0.3) is 0 Å². The number of hydrogen-bond donors (Lipinski definition) is 3. The zero-order valence-corrected chi connectivity index (χ0v) is 13.6. The Kier molecular flexibility index (Phi) is 5.62. The minimum absolute atomic E-state index is 0.0777. The van der Waals surface area contributed by atoms with Gasteiger partial charge in [-0.2, -0.15) is 0 Å². The maximum atomic E-state index is 11.2. The minimum Gasteiger partial charge on any atom is -0.505 e. The van der Waals surface area contributed by atoms with Crippen molar-refractivity contribution in [3.05, 3.63) is 18.0 Å². The topological polar surface area (TPSA) is 139 Å². The SMILES string of the molecule is C[C@]1(C(=O)O)CSC(c2ncc(OCCOCC(=O)O)cc2O)=N1. The zero-order valence-electron chi connectivity index (χ0n) is 12.8. The van der Waals surface area contributed by atoms with E-state index < -0.39 is 24.1 Å². The smallest absolute Gasteiger partial charge is 0.332 e. The highest BCUT2D eigenvalue weighted by molar-refractivity contribution is 8.14. The van der Waals surface area contributed by atoms with Crippen molar-refractivity contribution in [1.29, 1.82) is 0 Å². The molecule has 1 aromatic heterocycles. The molecule has 3 N–H and O–H groups in total. The lowest BCUT2D eigenvalue weighted by molar-refractivity contribution is -0.143. The van der Waals surface area contributed by atoms with Crippen LogP contribution in [0.4, 0.5) is 0 Å². The van der Waals surface area contributed by atoms with Crippen LogP contribution in [0.15, 0.2) is 17.3 Å². The second-order valence-electron chi connectivity index (χ2n) is 5.12. The summed E-state index contributed by atoms with van der Waals surface area (Å²) in [5.74, 6) is -1.75. The first-order valence-electron chi connectivity index (χ1n) is 6.89. The molecule has 130 valence electrons. The van der Waals surface area contributed by atoms with Gasteiger partial charge in [-0.1, -0.05) is 0 Å². The Hall–Kier alpha value is -2.33. The molecule has 0 aliphatic carbocycles. The van der Waals surface area contributed by atoms with E-state index in [0.29, 0.717) is 5.04 Å². The first-order valence-corrected chi connectivity index (χ1v) is 7.88. The molecule has 2 heterocycles. The fourth-order valence-electron chi connectivity index (χ4n) is 1.78. The molecule has 10 heteroatoms. The molecule has 1 aromatic rings. The Balaban J connectivity index is 1.98. The van der Waals surface area contributed by atoms with E-state index in [1.807, 2.05) is 0 Å². The Morgan fingerprint density at radius 1 is 1.38 bits per heavy atom. The summed E-state index contributed by atoms with van der Waals surface area (Å²) in [7, 11) is 0. The molecule has 0 fully saturated rings. The van der Waals surface area contributed by atoms with Crippen molar-refractivity contribution in [2.24, 2.45) is 4.99 Å². The maximum Gasteiger partial charge on any atom is 0.332 e. The monoisotopic (exact) mass is 356 g/mol. The fourth-order valence-corrected chi connectivity index (χ4v) is 2.95. The first-order chi connectivity index (χ1) is 11.3.